The van der Waals surface area contributed by atoms with E-state index in [0.29, 0.717) is 5.91 Å². The lowest BCUT2D eigenvalue weighted by Crippen LogP contribution is -2.58. The first-order chi connectivity index (χ1) is 11.7. The molecule has 4 saturated carbocycles. The van der Waals surface area contributed by atoms with E-state index in [1.165, 1.54) is 38.5 Å². The molecule has 1 amide bonds. The van der Waals surface area contributed by atoms with Gasteiger partial charge in [-0.3, -0.25) is 4.79 Å². The van der Waals surface area contributed by atoms with E-state index >= 15 is 0 Å². The van der Waals surface area contributed by atoms with Crippen LogP contribution in [-0.4, -0.2) is 42.0 Å². The summed E-state index contributed by atoms with van der Waals surface area (Å²) in [4.78, 5) is 22.3. The fourth-order valence-corrected chi connectivity index (χ4v) is 6.39. The molecule has 0 N–H and O–H groups in total. The van der Waals surface area contributed by atoms with Gasteiger partial charge in [0.15, 0.2) is 0 Å². The van der Waals surface area contributed by atoms with E-state index in [1.807, 2.05) is 18.3 Å². The minimum atomic E-state index is 0.0158. The van der Waals surface area contributed by atoms with Gasteiger partial charge in [-0.15, -0.1) is 0 Å². The Morgan fingerprint density at radius 2 is 1.58 bits per heavy atom. The van der Waals surface area contributed by atoms with Gasteiger partial charge in [0.25, 0.3) is 0 Å². The Hall–Kier alpha value is -1.58. The first-order valence-electron chi connectivity index (χ1n) is 9.67. The summed E-state index contributed by atoms with van der Waals surface area (Å²) in [6.07, 6.45) is 9.59. The van der Waals surface area contributed by atoms with E-state index in [0.717, 1.165) is 49.8 Å². The fraction of sp³-hybridized carbons (Fsp3) is 0.700. The maximum absolute atomic E-state index is 13.4. The van der Waals surface area contributed by atoms with Gasteiger partial charge < -0.3 is 9.80 Å². The van der Waals surface area contributed by atoms with Gasteiger partial charge in [-0.2, -0.15) is 0 Å². The monoisotopic (exact) mass is 325 g/mol. The zero-order valence-corrected chi connectivity index (χ0v) is 14.4. The van der Waals surface area contributed by atoms with Crippen molar-refractivity contribution in [3.8, 4) is 0 Å². The van der Waals surface area contributed by atoms with Crippen LogP contribution in [-0.2, 0) is 4.79 Å². The number of nitrogens with zero attached hydrogens (tertiary/aromatic N) is 3. The molecule has 0 radical (unpaired) electrons. The Bertz CT molecular complexity index is 586. The van der Waals surface area contributed by atoms with Crippen molar-refractivity contribution in [2.45, 2.75) is 38.5 Å². The quantitative estimate of drug-likeness (QED) is 0.839. The number of rotatable bonds is 2. The van der Waals surface area contributed by atoms with Gasteiger partial charge in [0, 0.05) is 32.4 Å². The third kappa shape index (κ3) is 2.34. The second-order valence-corrected chi connectivity index (χ2v) is 8.67. The Kier molecular flexibility index (Phi) is 3.36. The highest BCUT2D eigenvalue weighted by Gasteiger charge is 2.55. The Balaban J connectivity index is 1.28. The van der Waals surface area contributed by atoms with Gasteiger partial charge in [0.2, 0.25) is 5.91 Å². The van der Waals surface area contributed by atoms with Crippen LogP contribution in [0, 0.1) is 23.2 Å². The number of aromatic nitrogens is 1. The van der Waals surface area contributed by atoms with Crippen LogP contribution in [0.3, 0.4) is 0 Å². The molecule has 5 fully saturated rings. The van der Waals surface area contributed by atoms with Crippen molar-refractivity contribution in [3.05, 3.63) is 24.4 Å². The first-order valence-corrected chi connectivity index (χ1v) is 9.67. The van der Waals surface area contributed by atoms with E-state index in [1.54, 1.807) is 0 Å². The molecule has 4 aliphatic carbocycles. The lowest BCUT2D eigenvalue weighted by Gasteiger charge is -2.57. The molecule has 0 aromatic carbocycles. The van der Waals surface area contributed by atoms with Crippen LogP contribution in [0.5, 0.6) is 0 Å². The van der Waals surface area contributed by atoms with Gasteiger partial charge in [0.1, 0.15) is 5.82 Å². The van der Waals surface area contributed by atoms with Crippen LogP contribution in [0.2, 0.25) is 0 Å². The van der Waals surface area contributed by atoms with Gasteiger partial charge >= 0.3 is 0 Å². The van der Waals surface area contributed by atoms with Crippen molar-refractivity contribution >= 4 is 11.7 Å². The molecular weight excluding hydrogens is 298 g/mol. The second-order valence-electron chi connectivity index (χ2n) is 8.67. The zero-order chi connectivity index (χ0) is 16.1. The highest BCUT2D eigenvalue weighted by atomic mass is 16.2. The molecule has 6 rings (SSSR count). The lowest BCUT2D eigenvalue weighted by molar-refractivity contribution is -0.158. The molecule has 1 aromatic rings. The topological polar surface area (TPSA) is 36.4 Å². The molecule has 4 bridgehead atoms. The standard InChI is InChI=1S/C20H27N3O/c24-19(20-12-15-9-16(13-20)11-17(10-15)14-20)23-7-5-22(6-8-23)18-3-1-2-4-21-18/h1-4,15-17H,5-14H2. The van der Waals surface area contributed by atoms with Crippen molar-refractivity contribution in [2.24, 2.45) is 23.2 Å². The molecule has 0 unspecified atom stereocenters. The number of pyridine rings is 1. The summed E-state index contributed by atoms with van der Waals surface area (Å²) in [5.41, 5.74) is 0.0158. The first kappa shape index (κ1) is 14.7. The van der Waals surface area contributed by atoms with Crippen molar-refractivity contribution in [1.29, 1.82) is 0 Å². The number of carbonyl (C=O) groups is 1. The number of hydrogen-bond donors (Lipinski definition) is 0. The maximum atomic E-state index is 13.4. The summed E-state index contributed by atoms with van der Waals surface area (Å²) in [5.74, 6) is 4.06. The number of anilines is 1. The molecule has 24 heavy (non-hydrogen) atoms. The largest absolute Gasteiger partial charge is 0.353 e. The van der Waals surface area contributed by atoms with Gasteiger partial charge in [-0.1, -0.05) is 6.07 Å². The summed E-state index contributed by atoms with van der Waals surface area (Å²) in [5, 5.41) is 0. The van der Waals surface area contributed by atoms with E-state index in [2.05, 4.69) is 20.9 Å². The number of amides is 1. The van der Waals surface area contributed by atoms with Crippen LogP contribution in [0.4, 0.5) is 5.82 Å². The predicted molar refractivity (Wildman–Crippen MR) is 93.6 cm³/mol. The van der Waals surface area contributed by atoms with Crippen molar-refractivity contribution in [3.63, 3.8) is 0 Å². The zero-order valence-electron chi connectivity index (χ0n) is 14.4. The van der Waals surface area contributed by atoms with E-state index in [9.17, 15) is 4.79 Å². The molecule has 1 aromatic heterocycles. The molecular formula is C20H27N3O. The minimum Gasteiger partial charge on any atom is -0.353 e. The lowest BCUT2D eigenvalue weighted by atomic mass is 9.49. The molecule has 128 valence electrons. The van der Waals surface area contributed by atoms with Gasteiger partial charge in [-0.25, -0.2) is 4.98 Å². The number of piperazine rings is 1. The molecule has 0 atom stereocenters. The van der Waals surface area contributed by atoms with Crippen LogP contribution in [0.1, 0.15) is 38.5 Å². The molecule has 0 spiro atoms. The smallest absolute Gasteiger partial charge is 0.228 e. The van der Waals surface area contributed by atoms with Gasteiger partial charge in [0.05, 0.1) is 5.41 Å². The van der Waals surface area contributed by atoms with Crippen LogP contribution >= 0.6 is 0 Å². The van der Waals surface area contributed by atoms with Crippen LogP contribution in [0.15, 0.2) is 24.4 Å². The molecule has 2 heterocycles. The highest BCUT2D eigenvalue weighted by Crippen LogP contribution is 2.60. The molecule has 4 nitrogen and oxygen atoms in total. The Morgan fingerprint density at radius 3 is 2.12 bits per heavy atom. The van der Waals surface area contributed by atoms with Crippen molar-refractivity contribution in [1.82, 2.24) is 9.88 Å². The summed E-state index contributed by atoms with van der Waals surface area (Å²) in [6, 6.07) is 6.06. The van der Waals surface area contributed by atoms with E-state index in [-0.39, 0.29) is 5.41 Å². The molecule has 1 aliphatic heterocycles. The maximum Gasteiger partial charge on any atom is 0.228 e. The number of hydrogen-bond acceptors (Lipinski definition) is 3. The van der Waals surface area contributed by atoms with E-state index in [4.69, 9.17) is 0 Å². The summed E-state index contributed by atoms with van der Waals surface area (Å²) in [6.45, 7) is 3.54. The predicted octanol–water partition coefficient (Wildman–Crippen LogP) is 2.95. The Labute approximate surface area is 144 Å². The van der Waals surface area contributed by atoms with Gasteiger partial charge in [-0.05, 0) is 68.4 Å². The average molecular weight is 325 g/mol. The SMILES string of the molecule is O=C(N1CCN(c2ccccn2)CC1)C12CC3CC(CC(C3)C1)C2. The summed E-state index contributed by atoms with van der Waals surface area (Å²) < 4.78 is 0. The fourth-order valence-electron chi connectivity index (χ4n) is 6.39. The average Bonchev–Trinajstić information content (AvgIpc) is 2.61. The summed E-state index contributed by atoms with van der Waals surface area (Å²) >= 11 is 0. The van der Waals surface area contributed by atoms with Crippen LogP contribution in [0.25, 0.3) is 0 Å². The minimum absolute atomic E-state index is 0.0158. The molecule has 5 aliphatic rings. The van der Waals surface area contributed by atoms with Crippen molar-refractivity contribution in [2.75, 3.05) is 31.1 Å². The molecule has 4 heteroatoms. The Morgan fingerprint density at radius 1 is 0.958 bits per heavy atom. The summed E-state index contributed by atoms with van der Waals surface area (Å²) in [7, 11) is 0. The van der Waals surface area contributed by atoms with E-state index < -0.39 is 0 Å². The second kappa shape index (κ2) is 5.47. The van der Waals surface area contributed by atoms with Crippen molar-refractivity contribution < 1.29 is 4.79 Å². The normalized spacial score (nSPS) is 37.8. The molecule has 1 saturated heterocycles. The van der Waals surface area contributed by atoms with Crippen LogP contribution < -0.4 is 4.90 Å². The third-order valence-corrected chi connectivity index (χ3v) is 7.03. The third-order valence-electron chi connectivity index (χ3n) is 7.03. The highest BCUT2D eigenvalue weighted by molar-refractivity contribution is 5.83. The number of carbonyl (C=O) groups excluding carboxylic acids is 1.